The van der Waals surface area contributed by atoms with E-state index in [0.29, 0.717) is 17.9 Å². The molecule has 1 heterocycles. The summed E-state index contributed by atoms with van der Waals surface area (Å²) in [7, 11) is 0. The molecule has 0 aliphatic heterocycles. The van der Waals surface area contributed by atoms with Crippen LogP contribution in [0.2, 0.25) is 5.02 Å². The first-order chi connectivity index (χ1) is 9.01. The zero-order valence-corrected chi connectivity index (χ0v) is 10.8. The van der Waals surface area contributed by atoms with Gasteiger partial charge in [-0.25, -0.2) is 0 Å². The van der Waals surface area contributed by atoms with Crippen LogP contribution in [0.25, 0.3) is 11.5 Å². The van der Waals surface area contributed by atoms with Gasteiger partial charge in [-0.1, -0.05) is 23.7 Å². The van der Waals surface area contributed by atoms with Crippen molar-refractivity contribution in [2.75, 3.05) is 6.54 Å². The van der Waals surface area contributed by atoms with Crippen molar-refractivity contribution in [3.63, 3.8) is 0 Å². The van der Waals surface area contributed by atoms with Gasteiger partial charge < -0.3 is 10.3 Å². The fourth-order valence-corrected chi connectivity index (χ4v) is 1.69. The van der Waals surface area contributed by atoms with Gasteiger partial charge in [0.25, 0.3) is 11.6 Å². The van der Waals surface area contributed by atoms with Gasteiger partial charge in [0.05, 0.1) is 4.92 Å². The number of benzene rings is 1. The Morgan fingerprint density at radius 3 is 2.89 bits per heavy atom. The molecule has 0 saturated heterocycles. The maximum absolute atomic E-state index is 10.8. The summed E-state index contributed by atoms with van der Waals surface area (Å²) >= 11 is 5.83. The number of nitrogens with zero attached hydrogens (tertiary/aromatic N) is 3. The smallest absolute Gasteiger partial charge is 0.271 e. The maximum Gasteiger partial charge on any atom is 0.271 e. The predicted octanol–water partition coefficient (Wildman–Crippen LogP) is 2.36. The Hall–Kier alpha value is -1.99. The lowest BCUT2D eigenvalue weighted by atomic mass is 10.1. The van der Waals surface area contributed by atoms with Gasteiger partial charge in [0, 0.05) is 35.2 Å². The van der Waals surface area contributed by atoms with E-state index in [4.69, 9.17) is 21.9 Å². The average molecular weight is 283 g/mol. The largest absolute Gasteiger partial charge is 0.334 e. The number of nitro benzene ring substituents is 1. The SMILES string of the molecule is CC(CN)c1noc(-c2cc(Cl)cc([N+](=O)[O-])c2)n1. The van der Waals surface area contributed by atoms with Crippen LogP contribution in [0, 0.1) is 10.1 Å². The summed E-state index contributed by atoms with van der Waals surface area (Å²) in [5.74, 6) is 0.590. The van der Waals surface area contributed by atoms with E-state index in [2.05, 4.69) is 10.1 Å². The van der Waals surface area contributed by atoms with Crippen molar-refractivity contribution < 1.29 is 9.45 Å². The van der Waals surface area contributed by atoms with Crippen LogP contribution in [0.5, 0.6) is 0 Å². The molecule has 2 N–H and O–H groups in total. The Balaban J connectivity index is 2.41. The van der Waals surface area contributed by atoms with Crippen LogP contribution in [-0.2, 0) is 0 Å². The summed E-state index contributed by atoms with van der Waals surface area (Å²) in [6.07, 6.45) is 0. The van der Waals surface area contributed by atoms with Crippen molar-refractivity contribution in [2.45, 2.75) is 12.8 Å². The van der Waals surface area contributed by atoms with E-state index >= 15 is 0 Å². The standard InChI is InChI=1S/C11H11ClN4O3/c1-6(5-13)10-14-11(19-15-10)7-2-8(12)4-9(3-7)16(17)18/h2-4,6H,5,13H2,1H3. The van der Waals surface area contributed by atoms with E-state index in [1.165, 1.54) is 18.2 Å². The molecule has 0 spiro atoms. The van der Waals surface area contributed by atoms with Crippen molar-refractivity contribution in [3.8, 4) is 11.5 Å². The molecule has 0 fully saturated rings. The van der Waals surface area contributed by atoms with Crippen LogP contribution in [0.4, 0.5) is 5.69 Å². The molecule has 1 aromatic heterocycles. The fraction of sp³-hybridized carbons (Fsp3) is 0.273. The summed E-state index contributed by atoms with van der Waals surface area (Å²) < 4.78 is 5.07. The molecule has 1 aromatic carbocycles. The lowest BCUT2D eigenvalue weighted by molar-refractivity contribution is -0.384. The highest BCUT2D eigenvalue weighted by atomic mass is 35.5. The van der Waals surface area contributed by atoms with Crippen molar-refractivity contribution in [1.29, 1.82) is 0 Å². The number of nitro groups is 1. The number of hydrogen-bond acceptors (Lipinski definition) is 6. The van der Waals surface area contributed by atoms with Crippen LogP contribution < -0.4 is 5.73 Å². The number of rotatable bonds is 4. The Bertz CT molecular complexity index is 614. The Morgan fingerprint density at radius 1 is 1.53 bits per heavy atom. The molecule has 1 unspecified atom stereocenters. The van der Waals surface area contributed by atoms with Gasteiger partial charge in [-0.3, -0.25) is 10.1 Å². The van der Waals surface area contributed by atoms with Crippen LogP contribution in [0.1, 0.15) is 18.7 Å². The third kappa shape index (κ3) is 2.88. The molecule has 0 bridgehead atoms. The second kappa shape index (κ2) is 5.33. The number of hydrogen-bond donors (Lipinski definition) is 1. The molecular formula is C11H11ClN4O3. The lowest BCUT2D eigenvalue weighted by Crippen LogP contribution is -2.10. The summed E-state index contributed by atoms with van der Waals surface area (Å²) in [6, 6.07) is 4.11. The second-order valence-corrected chi connectivity index (χ2v) is 4.49. The highest BCUT2D eigenvalue weighted by Crippen LogP contribution is 2.28. The lowest BCUT2D eigenvalue weighted by Gasteiger charge is -1.99. The topological polar surface area (TPSA) is 108 Å². The number of halogens is 1. The van der Waals surface area contributed by atoms with E-state index in [-0.39, 0.29) is 22.5 Å². The van der Waals surface area contributed by atoms with Crippen molar-refractivity contribution in [3.05, 3.63) is 39.2 Å². The zero-order chi connectivity index (χ0) is 14.0. The Kier molecular flexibility index (Phi) is 3.77. The molecular weight excluding hydrogens is 272 g/mol. The van der Waals surface area contributed by atoms with E-state index in [1.54, 1.807) is 0 Å². The van der Waals surface area contributed by atoms with Crippen LogP contribution in [-0.4, -0.2) is 21.6 Å². The summed E-state index contributed by atoms with van der Waals surface area (Å²) in [5, 5.41) is 14.8. The minimum atomic E-state index is -0.533. The molecule has 0 saturated carbocycles. The van der Waals surface area contributed by atoms with E-state index in [1.807, 2.05) is 6.92 Å². The quantitative estimate of drug-likeness (QED) is 0.681. The molecule has 19 heavy (non-hydrogen) atoms. The van der Waals surface area contributed by atoms with Gasteiger partial charge in [0.2, 0.25) is 0 Å². The van der Waals surface area contributed by atoms with Gasteiger partial charge in [-0.15, -0.1) is 0 Å². The molecule has 0 aliphatic carbocycles. The second-order valence-electron chi connectivity index (χ2n) is 4.05. The van der Waals surface area contributed by atoms with Gasteiger partial charge >= 0.3 is 0 Å². The average Bonchev–Trinajstić information content (AvgIpc) is 2.86. The summed E-state index contributed by atoms with van der Waals surface area (Å²) in [4.78, 5) is 14.4. The number of nitrogens with two attached hydrogens (primary N) is 1. The molecule has 7 nitrogen and oxygen atoms in total. The number of aromatic nitrogens is 2. The van der Waals surface area contributed by atoms with Crippen molar-refractivity contribution in [2.24, 2.45) is 5.73 Å². The minimum absolute atomic E-state index is 0.0494. The maximum atomic E-state index is 10.8. The highest BCUT2D eigenvalue weighted by molar-refractivity contribution is 6.31. The third-order valence-electron chi connectivity index (χ3n) is 2.58. The van der Waals surface area contributed by atoms with E-state index in [0.717, 1.165) is 0 Å². The highest BCUT2D eigenvalue weighted by Gasteiger charge is 2.17. The molecule has 0 aliphatic rings. The van der Waals surface area contributed by atoms with E-state index < -0.39 is 4.92 Å². The molecule has 0 amide bonds. The molecule has 8 heteroatoms. The molecule has 2 rings (SSSR count). The van der Waals surface area contributed by atoms with Crippen LogP contribution >= 0.6 is 11.6 Å². The Labute approximate surface area is 113 Å². The Morgan fingerprint density at radius 2 is 2.26 bits per heavy atom. The predicted molar refractivity (Wildman–Crippen MR) is 68.9 cm³/mol. The summed E-state index contributed by atoms with van der Waals surface area (Å²) in [5.41, 5.74) is 5.78. The van der Waals surface area contributed by atoms with Crippen molar-refractivity contribution >= 4 is 17.3 Å². The van der Waals surface area contributed by atoms with Crippen LogP contribution in [0.15, 0.2) is 22.7 Å². The first kappa shape index (κ1) is 13.4. The summed E-state index contributed by atoms with van der Waals surface area (Å²) in [6.45, 7) is 2.24. The third-order valence-corrected chi connectivity index (χ3v) is 2.79. The van der Waals surface area contributed by atoms with Gasteiger partial charge in [-0.05, 0) is 6.07 Å². The van der Waals surface area contributed by atoms with Gasteiger partial charge in [0.15, 0.2) is 5.82 Å². The molecule has 1 atom stereocenters. The first-order valence-electron chi connectivity index (χ1n) is 5.50. The van der Waals surface area contributed by atoms with Gasteiger partial charge in [-0.2, -0.15) is 4.98 Å². The van der Waals surface area contributed by atoms with E-state index in [9.17, 15) is 10.1 Å². The molecule has 2 aromatic rings. The zero-order valence-electron chi connectivity index (χ0n) is 10.0. The monoisotopic (exact) mass is 282 g/mol. The normalized spacial score (nSPS) is 12.4. The molecule has 0 radical (unpaired) electrons. The minimum Gasteiger partial charge on any atom is -0.334 e. The fourth-order valence-electron chi connectivity index (χ4n) is 1.46. The number of non-ortho nitro benzene ring substituents is 1. The van der Waals surface area contributed by atoms with Gasteiger partial charge in [0.1, 0.15) is 0 Å². The molecule has 100 valence electrons. The van der Waals surface area contributed by atoms with Crippen molar-refractivity contribution in [1.82, 2.24) is 10.1 Å². The van der Waals surface area contributed by atoms with Crippen LogP contribution in [0.3, 0.4) is 0 Å². The first-order valence-corrected chi connectivity index (χ1v) is 5.88.